The molecule has 0 spiro atoms. The molecule has 4 nitrogen and oxygen atoms in total. The predicted molar refractivity (Wildman–Crippen MR) is 85.8 cm³/mol. The number of hydrogen-bond donors (Lipinski definition) is 2. The number of sulfonamides is 1. The monoisotopic (exact) mass is 310 g/mol. The van der Waals surface area contributed by atoms with Gasteiger partial charge in [-0.1, -0.05) is 19.1 Å². The number of aryl methyl sites for hydroxylation is 1. The minimum atomic E-state index is -3.39. The number of nitrogens with one attached hydrogen (secondary N) is 2. The molecule has 21 heavy (non-hydrogen) atoms. The molecule has 0 atom stereocenters. The van der Waals surface area contributed by atoms with Crippen molar-refractivity contribution in [2.75, 3.05) is 6.54 Å². The molecule has 1 fully saturated rings. The Bertz CT molecular complexity index is 549. The van der Waals surface area contributed by atoms with Crippen LogP contribution < -0.4 is 10.0 Å². The van der Waals surface area contributed by atoms with Gasteiger partial charge in [-0.25, -0.2) is 13.1 Å². The maximum Gasteiger partial charge on any atom is 0.240 e. The first-order valence-corrected chi connectivity index (χ1v) is 9.32. The lowest BCUT2D eigenvalue weighted by molar-refractivity contribution is 0.330. The Labute approximate surface area is 128 Å². The summed E-state index contributed by atoms with van der Waals surface area (Å²) in [5.74, 6) is 0. The van der Waals surface area contributed by atoms with Crippen LogP contribution in [0.5, 0.6) is 0 Å². The predicted octanol–water partition coefficient (Wildman–Crippen LogP) is 2.58. The quantitative estimate of drug-likeness (QED) is 0.849. The maximum atomic E-state index is 12.4. The van der Waals surface area contributed by atoms with Crippen LogP contribution in [0, 0.1) is 6.92 Å². The Hall–Kier alpha value is -0.910. The van der Waals surface area contributed by atoms with Crippen LogP contribution in [0.4, 0.5) is 0 Å². The molecular formula is C16H26N2O2S. The van der Waals surface area contributed by atoms with Crippen molar-refractivity contribution in [1.82, 2.24) is 10.0 Å². The van der Waals surface area contributed by atoms with E-state index in [0.717, 1.165) is 44.2 Å². The van der Waals surface area contributed by atoms with Crippen molar-refractivity contribution >= 4 is 10.0 Å². The highest BCUT2D eigenvalue weighted by molar-refractivity contribution is 7.89. The zero-order chi connectivity index (χ0) is 15.3. The van der Waals surface area contributed by atoms with Crippen LogP contribution in [0.2, 0.25) is 0 Å². The summed E-state index contributed by atoms with van der Waals surface area (Å²) < 4.78 is 27.6. The second-order valence-corrected chi connectivity index (χ2v) is 7.65. The van der Waals surface area contributed by atoms with Crippen LogP contribution in [0.15, 0.2) is 29.2 Å². The molecule has 1 aliphatic rings. The number of benzene rings is 1. The summed E-state index contributed by atoms with van der Waals surface area (Å²) in [6.45, 7) is 5.11. The molecule has 1 saturated carbocycles. The van der Waals surface area contributed by atoms with Gasteiger partial charge in [-0.15, -0.1) is 0 Å². The smallest absolute Gasteiger partial charge is 0.240 e. The SMILES string of the molecule is CCCNC1CCC(NS(=O)(=O)c2cccc(C)c2)CC1. The van der Waals surface area contributed by atoms with Crippen molar-refractivity contribution in [3.63, 3.8) is 0 Å². The number of rotatable bonds is 6. The summed E-state index contributed by atoms with van der Waals surface area (Å²) in [7, 11) is -3.39. The first kappa shape index (κ1) is 16.5. The van der Waals surface area contributed by atoms with Gasteiger partial charge in [0.25, 0.3) is 0 Å². The van der Waals surface area contributed by atoms with Crippen LogP contribution in [0.25, 0.3) is 0 Å². The normalized spacial score (nSPS) is 23.1. The molecule has 0 saturated heterocycles. The third-order valence-electron chi connectivity index (χ3n) is 4.03. The molecule has 118 valence electrons. The minimum absolute atomic E-state index is 0.0650. The summed E-state index contributed by atoms with van der Waals surface area (Å²) in [6, 6.07) is 7.68. The lowest BCUT2D eigenvalue weighted by Crippen LogP contribution is -2.42. The summed E-state index contributed by atoms with van der Waals surface area (Å²) in [5.41, 5.74) is 0.963. The molecule has 2 N–H and O–H groups in total. The largest absolute Gasteiger partial charge is 0.314 e. The van der Waals surface area contributed by atoms with E-state index in [-0.39, 0.29) is 6.04 Å². The van der Waals surface area contributed by atoms with Gasteiger partial charge in [-0.3, -0.25) is 0 Å². The van der Waals surface area contributed by atoms with Gasteiger partial charge in [-0.05, 0) is 63.3 Å². The molecule has 0 heterocycles. The first-order chi connectivity index (χ1) is 10.0. The van der Waals surface area contributed by atoms with Crippen molar-refractivity contribution in [2.24, 2.45) is 0 Å². The molecule has 1 aromatic rings. The first-order valence-electron chi connectivity index (χ1n) is 7.83. The van der Waals surface area contributed by atoms with E-state index >= 15 is 0 Å². The number of hydrogen-bond acceptors (Lipinski definition) is 3. The molecule has 0 radical (unpaired) electrons. The molecule has 0 aromatic heterocycles. The van der Waals surface area contributed by atoms with Crippen molar-refractivity contribution in [1.29, 1.82) is 0 Å². The van der Waals surface area contributed by atoms with Gasteiger partial charge in [0.2, 0.25) is 10.0 Å². The average Bonchev–Trinajstić information content (AvgIpc) is 2.46. The molecule has 1 aliphatic carbocycles. The van der Waals surface area contributed by atoms with Crippen LogP contribution in [0.3, 0.4) is 0 Å². The Morgan fingerprint density at radius 3 is 2.43 bits per heavy atom. The van der Waals surface area contributed by atoms with Crippen molar-refractivity contribution < 1.29 is 8.42 Å². The van der Waals surface area contributed by atoms with Gasteiger partial charge in [0.15, 0.2) is 0 Å². The molecule has 0 aliphatic heterocycles. The zero-order valence-corrected chi connectivity index (χ0v) is 13.7. The van der Waals surface area contributed by atoms with E-state index in [2.05, 4.69) is 17.0 Å². The second kappa shape index (κ2) is 7.38. The van der Waals surface area contributed by atoms with Crippen LogP contribution in [-0.2, 0) is 10.0 Å². The van der Waals surface area contributed by atoms with E-state index in [9.17, 15) is 8.42 Å². The Kier molecular flexibility index (Phi) is 5.79. The lowest BCUT2D eigenvalue weighted by Gasteiger charge is -2.29. The topological polar surface area (TPSA) is 58.2 Å². The third-order valence-corrected chi connectivity index (χ3v) is 5.55. The lowest BCUT2D eigenvalue weighted by atomic mass is 9.92. The van der Waals surface area contributed by atoms with E-state index in [1.165, 1.54) is 0 Å². The highest BCUT2D eigenvalue weighted by Crippen LogP contribution is 2.21. The fourth-order valence-corrected chi connectivity index (χ4v) is 4.24. The highest BCUT2D eigenvalue weighted by atomic mass is 32.2. The Morgan fingerprint density at radius 1 is 1.14 bits per heavy atom. The van der Waals surface area contributed by atoms with E-state index in [4.69, 9.17) is 0 Å². The molecule has 0 unspecified atom stereocenters. The average molecular weight is 310 g/mol. The molecule has 5 heteroatoms. The van der Waals surface area contributed by atoms with E-state index in [1.807, 2.05) is 13.0 Å². The van der Waals surface area contributed by atoms with Gasteiger partial charge < -0.3 is 5.32 Å². The maximum absolute atomic E-state index is 12.4. The van der Waals surface area contributed by atoms with Crippen molar-refractivity contribution in [3.8, 4) is 0 Å². The molecule has 0 bridgehead atoms. The van der Waals surface area contributed by atoms with Crippen molar-refractivity contribution in [3.05, 3.63) is 29.8 Å². The molecule has 2 rings (SSSR count). The van der Waals surface area contributed by atoms with E-state index in [1.54, 1.807) is 18.2 Å². The third kappa shape index (κ3) is 4.80. The van der Waals surface area contributed by atoms with Gasteiger partial charge in [0.05, 0.1) is 4.90 Å². The summed E-state index contributed by atoms with van der Waals surface area (Å²) in [6.07, 6.45) is 5.04. The van der Waals surface area contributed by atoms with Crippen LogP contribution >= 0.6 is 0 Å². The zero-order valence-electron chi connectivity index (χ0n) is 12.9. The molecule has 1 aromatic carbocycles. The summed E-state index contributed by atoms with van der Waals surface area (Å²) in [5, 5.41) is 3.52. The fourth-order valence-electron chi connectivity index (χ4n) is 2.83. The van der Waals surface area contributed by atoms with E-state index < -0.39 is 10.0 Å². The van der Waals surface area contributed by atoms with Gasteiger partial charge in [0.1, 0.15) is 0 Å². The second-order valence-electron chi connectivity index (χ2n) is 5.94. The molecular weight excluding hydrogens is 284 g/mol. The van der Waals surface area contributed by atoms with Gasteiger partial charge in [0, 0.05) is 12.1 Å². The van der Waals surface area contributed by atoms with E-state index in [0.29, 0.717) is 10.9 Å². The van der Waals surface area contributed by atoms with Crippen LogP contribution in [-0.4, -0.2) is 27.0 Å². The molecule has 0 amide bonds. The standard InChI is InChI=1S/C16H26N2O2S/c1-3-11-17-14-7-9-15(10-8-14)18-21(19,20)16-6-4-5-13(2)12-16/h4-6,12,14-15,17-18H,3,7-11H2,1-2H3. The summed E-state index contributed by atoms with van der Waals surface area (Å²) in [4.78, 5) is 0.369. The fraction of sp³-hybridized carbons (Fsp3) is 0.625. The minimum Gasteiger partial charge on any atom is -0.314 e. The Morgan fingerprint density at radius 2 is 1.81 bits per heavy atom. The van der Waals surface area contributed by atoms with Crippen LogP contribution in [0.1, 0.15) is 44.6 Å². The van der Waals surface area contributed by atoms with Gasteiger partial charge in [-0.2, -0.15) is 0 Å². The Balaban J connectivity index is 1.90. The highest BCUT2D eigenvalue weighted by Gasteiger charge is 2.25. The summed E-state index contributed by atoms with van der Waals surface area (Å²) >= 11 is 0. The van der Waals surface area contributed by atoms with Crippen molar-refractivity contribution in [2.45, 2.75) is 62.9 Å². The van der Waals surface area contributed by atoms with Gasteiger partial charge >= 0.3 is 0 Å².